The zero-order valence-electron chi connectivity index (χ0n) is 13.2. The van der Waals surface area contributed by atoms with Crippen LogP contribution in [-0.4, -0.2) is 40.4 Å². The van der Waals surface area contributed by atoms with E-state index in [-0.39, 0.29) is 0 Å². The number of rotatable bonds is 8. The first-order valence-electron chi connectivity index (χ1n) is 6.99. The average Bonchev–Trinajstić information content (AvgIpc) is 2.51. The summed E-state index contributed by atoms with van der Waals surface area (Å²) in [4.78, 5) is 4.18. The molecule has 0 aromatic heterocycles. The molecule has 0 heterocycles. The van der Waals surface area contributed by atoms with Crippen molar-refractivity contribution in [1.82, 2.24) is 5.32 Å². The molecule has 0 fully saturated rings. The van der Waals surface area contributed by atoms with E-state index < -0.39 is 0 Å². The van der Waals surface area contributed by atoms with E-state index in [2.05, 4.69) is 17.2 Å². The van der Waals surface area contributed by atoms with Gasteiger partial charge in [0.15, 0.2) is 17.5 Å². The molecule has 0 unspecified atom stereocenters. The average molecular weight is 295 g/mol. The maximum atomic E-state index is 5.76. The Labute approximate surface area is 126 Å². The number of hydrogen-bond donors (Lipinski definition) is 2. The van der Waals surface area contributed by atoms with E-state index in [0.29, 0.717) is 29.8 Å². The number of aliphatic imine (C=N–C) groups is 1. The third kappa shape index (κ3) is 4.73. The summed E-state index contributed by atoms with van der Waals surface area (Å²) >= 11 is 0. The van der Waals surface area contributed by atoms with Crippen LogP contribution in [-0.2, 0) is 6.42 Å². The number of nitrogens with zero attached hydrogens (tertiary/aromatic N) is 1. The zero-order chi connectivity index (χ0) is 15.7. The first-order chi connectivity index (χ1) is 10.2. The van der Waals surface area contributed by atoms with Crippen LogP contribution in [0.3, 0.4) is 0 Å². The van der Waals surface area contributed by atoms with Crippen molar-refractivity contribution in [3.63, 3.8) is 0 Å². The van der Waals surface area contributed by atoms with Gasteiger partial charge in [-0.1, -0.05) is 13.0 Å². The second kappa shape index (κ2) is 8.94. The number of nitrogens with two attached hydrogens (primary N) is 1. The van der Waals surface area contributed by atoms with Gasteiger partial charge < -0.3 is 25.3 Å². The second-order valence-electron chi connectivity index (χ2n) is 4.44. The van der Waals surface area contributed by atoms with Crippen LogP contribution in [0.25, 0.3) is 0 Å². The molecule has 0 bridgehead atoms. The molecule has 118 valence electrons. The third-order valence-electron chi connectivity index (χ3n) is 2.99. The summed E-state index contributed by atoms with van der Waals surface area (Å²) in [5.74, 6) is 2.40. The smallest absolute Gasteiger partial charge is 0.203 e. The predicted octanol–water partition coefficient (Wildman–Crippen LogP) is 1.57. The van der Waals surface area contributed by atoms with Crippen molar-refractivity contribution in [2.45, 2.75) is 19.8 Å². The van der Waals surface area contributed by atoms with Crippen molar-refractivity contribution in [2.75, 3.05) is 34.4 Å². The van der Waals surface area contributed by atoms with Gasteiger partial charge in [-0.15, -0.1) is 0 Å². The lowest BCUT2D eigenvalue weighted by Gasteiger charge is -2.16. The second-order valence-corrected chi connectivity index (χ2v) is 4.44. The molecule has 6 nitrogen and oxygen atoms in total. The summed E-state index contributed by atoms with van der Waals surface area (Å²) in [5.41, 5.74) is 6.78. The van der Waals surface area contributed by atoms with Crippen LogP contribution in [0.15, 0.2) is 17.1 Å². The number of benzene rings is 1. The predicted molar refractivity (Wildman–Crippen MR) is 84.6 cm³/mol. The molecule has 1 rings (SSSR count). The minimum absolute atomic E-state index is 0.469. The number of hydrogen-bond acceptors (Lipinski definition) is 4. The van der Waals surface area contributed by atoms with Gasteiger partial charge in [-0.2, -0.15) is 0 Å². The van der Waals surface area contributed by atoms with Gasteiger partial charge in [0.25, 0.3) is 0 Å². The summed E-state index contributed by atoms with van der Waals surface area (Å²) < 4.78 is 16.1. The summed E-state index contributed by atoms with van der Waals surface area (Å²) in [6.45, 7) is 3.47. The molecule has 0 spiro atoms. The quantitative estimate of drug-likeness (QED) is 0.562. The molecule has 0 aliphatic carbocycles. The third-order valence-corrected chi connectivity index (χ3v) is 2.99. The molecule has 1 aromatic carbocycles. The van der Waals surface area contributed by atoms with Crippen molar-refractivity contribution in [3.05, 3.63) is 17.7 Å². The van der Waals surface area contributed by atoms with Gasteiger partial charge in [-0.25, -0.2) is 0 Å². The number of ether oxygens (including phenoxy) is 3. The molecule has 1 aromatic rings. The molecule has 21 heavy (non-hydrogen) atoms. The Morgan fingerprint density at radius 1 is 1.14 bits per heavy atom. The Morgan fingerprint density at radius 3 is 2.43 bits per heavy atom. The van der Waals surface area contributed by atoms with Crippen molar-refractivity contribution in [2.24, 2.45) is 10.7 Å². The lowest BCUT2D eigenvalue weighted by Crippen LogP contribution is -2.33. The van der Waals surface area contributed by atoms with E-state index in [4.69, 9.17) is 19.9 Å². The lowest BCUT2D eigenvalue weighted by atomic mass is 10.1. The minimum Gasteiger partial charge on any atom is -0.493 e. The van der Waals surface area contributed by atoms with Crippen LogP contribution in [0, 0.1) is 0 Å². The Kier molecular flexibility index (Phi) is 7.21. The van der Waals surface area contributed by atoms with Gasteiger partial charge in [0.2, 0.25) is 5.75 Å². The van der Waals surface area contributed by atoms with Crippen LogP contribution in [0.5, 0.6) is 17.2 Å². The Balaban J connectivity index is 2.75. The molecule has 0 aliphatic rings. The molecule has 6 heteroatoms. The highest BCUT2D eigenvalue weighted by Crippen LogP contribution is 2.39. The maximum Gasteiger partial charge on any atom is 0.203 e. The molecular weight excluding hydrogens is 270 g/mol. The van der Waals surface area contributed by atoms with Crippen LogP contribution < -0.4 is 25.3 Å². The van der Waals surface area contributed by atoms with E-state index in [1.807, 2.05) is 12.1 Å². The molecule has 0 atom stereocenters. The van der Waals surface area contributed by atoms with E-state index in [1.54, 1.807) is 21.3 Å². The Hall–Kier alpha value is -2.11. The van der Waals surface area contributed by atoms with Crippen molar-refractivity contribution in [3.8, 4) is 17.2 Å². The van der Waals surface area contributed by atoms with Gasteiger partial charge >= 0.3 is 0 Å². The molecule has 0 radical (unpaired) electrons. The molecule has 0 saturated heterocycles. The molecule has 0 amide bonds. The Morgan fingerprint density at radius 2 is 1.86 bits per heavy atom. The van der Waals surface area contributed by atoms with E-state index in [9.17, 15) is 0 Å². The van der Waals surface area contributed by atoms with E-state index in [1.165, 1.54) is 0 Å². The summed E-state index contributed by atoms with van der Waals surface area (Å²) in [7, 11) is 4.81. The normalized spacial score (nSPS) is 11.1. The molecule has 0 saturated carbocycles. The highest BCUT2D eigenvalue weighted by Gasteiger charge is 2.15. The van der Waals surface area contributed by atoms with Crippen molar-refractivity contribution < 1.29 is 14.2 Å². The SMILES string of the molecule is CCCN=C(N)NCCc1ccc(OC)c(OC)c1OC. The topological polar surface area (TPSA) is 78.1 Å². The van der Waals surface area contributed by atoms with E-state index in [0.717, 1.165) is 24.9 Å². The van der Waals surface area contributed by atoms with Gasteiger partial charge in [0.1, 0.15) is 0 Å². The van der Waals surface area contributed by atoms with Gasteiger partial charge in [-0.05, 0) is 18.9 Å². The summed E-state index contributed by atoms with van der Waals surface area (Å²) in [5, 5.41) is 3.08. The standard InChI is InChI=1S/C15H25N3O3/c1-5-9-17-15(16)18-10-8-11-6-7-12(19-2)14(21-4)13(11)20-3/h6-7H,5,8-10H2,1-4H3,(H3,16,17,18). The lowest BCUT2D eigenvalue weighted by molar-refractivity contribution is 0.322. The van der Waals surface area contributed by atoms with Crippen LogP contribution in [0.1, 0.15) is 18.9 Å². The monoisotopic (exact) mass is 295 g/mol. The highest BCUT2D eigenvalue weighted by atomic mass is 16.5. The van der Waals surface area contributed by atoms with Crippen LogP contribution in [0.4, 0.5) is 0 Å². The summed E-state index contributed by atoms with van der Waals surface area (Å²) in [6, 6.07) is 3.83. The fraction of sp³-hybridized carbons (Fsp3) is 0.533. The fourth-order valence-corrected chi connectivity index (χ4v) is 1.97. The number of methoxy groups -OCH3 is 3. The first-order valence-corrected chi connectivity index (χ1v) is 6.99. The highest BCUT2D eigenvalue weighted by molar-refractivity contribution is 5.77. The van der Waals surface area contributed by atoms with Gasteiger partial charge in [-0.3, -0.25) is 4.99 Å². The number of guanidine groups is 1. The zero-order valence-corrected chi connectivity index (χ0v) is 13.2. The van der Waals surface area contributed by atoms with Crippen LogP contribution >= 0.6 is 0 Å². The Bertz CT molecular complexity index is 475. The minimum atomic E-state index is 0.469. The maximum absolute atomic E-state index is 5.76. The van der Waals surface area contributed by atoms with Gasteiger partial charge in [0, 0.05) is 18.7 Å². The van der Waals surface area contributed by atoms with Crippen molar-refractivity contribution in [1.29, 1.82) is 0 Å². The molecule has 3 N–H and O–H groups in total. The van der Waals surface area contributed by atoms with Crippen LogP contribution in [0.2, 0.25) is 0 Å². The van der Waals surface area contributed by atoms with Crippen molar-refractivity contribution >= 4 is 5.96 Å². The molecular formula is C15H25N3O3. The van der Waals surface area contributed by atoms with Gasteiger partial charge in [0.05, 0.1) is 21.3 Å². The first kappa shape index (κ1) is 16.9. The largest absolute Gasteiger partial charge is 0.493 e. The number of nitrogens with one attached hydrogen (secondary N) is 1. The molecule has 0 aliphatic heterocycles. The van der Waals surface area contributed by atoms with E-state index >= 15 is 0 Å². The summed E-state index contributed by atoms with van der Waals surface area (Å²) in [6.07, 6.45) is 1.72. The fourth-order valence-electron chi connectivity index (χ4n) is 1.97.